The maximum Gasteiger partial charge on any atom is 0.0715 e. The molecular weight excluding hydrogens is 188 g/mol. The highest BCUT2D eigenvalue weighted by Crippen LogP contribution is 2.27. The van der Waals surface area contributed by atoms with E-state index in [0.717, 1.165) is 26.1 Å². The van der Waals surface area contributed by atoms with Crippen molar-refractivity contribution in [2.75, 3.05) is 33.8 Å². The molecule has 2 unspecified atom stereocenters. The van der Waals surface area contributed by atoms with E-state index >= 15 is 0 Å². The summed E-state index contributed by atoms with van der Waals surface area (Å²) in [5, 5.41) is 3.39. The van der Waals surface area contributed by atoms with Crippen molar-refractivity contribution in [2.45, 2.75) is 39.3 Å². The van der Waals surface area contributed by atoms with Gasteiger partial charge >= 0.3 is 0 Å². The van der Waals surface area contributed by atoms with E-state index < -0.39 is 0 Å². The Morgan fingerprint density at radius 1 is 1.40 bits per heavy atom. The van der Waals surface area contributed by atoms with Gasteiger partial charge in [0.25, 0.3) is 0 Å². The highest BCUT2D eigenvalue weighted by atomic mass is 16.5. The van der Waals surface area contributed by atoms with Crippen LogP contribution in [0.5, 0.6) is 0 Å². The molecule has 0 aromatic carbocycles. The molecule has 3 nitrogen and oxygen atoms in total. The van der Waals surface area contributed by atoms with E-state index in [9.17, 15) is 0 Å². The Kier molecular flexibility index (Phi) is 4.56. The molecule has 0 amide bonds. The summed E-state index contributed by atoms with van der Waals surface area (Å²) in [5.74, 6) is 0. The second kappa shape index (κ2) is 5.28. The molecule has 2 atom stereocenters. The zero-order valence-corrected chi connectivity index (χ0v) is 10.8. The van der Waals surface area contributed by atoms with Crippen LogP contribution in [0.25, 0.3) is 0 Å². The molecular formula is C12H26N2O. The van der Waals surface area contributed by atoms with Gasteiger partial charge in [-0.3, -0.25) is 0 Å². The first-order chi connectivity index (χ1) is 6.91. The lowest BCUT2D eigenvalue weighted by Crippen LogP contribution is -2.47. The lowest BCUT2D eigenvalue weighted by Gasteiger charge is -2.39. The van der Waals surface area contributed by atoms with Crippen LogP contribution in [-0.2, 0) is 4.74 Å². The first-order valence-corrected chi connectivity index (χ1v) is 5.90. The molecule has 0 spiro atoms. The molecule has 1 aliphatic heterocycles. The van der Waals surface area contributed by atoms with Crippen LogP contribution < -0.4 is 5.32 Å². The third-order valence-corrected chi connectivity index (χ3v) is 3.11. The zero-order valence-electron chi connectivity index (χ0n) is 10.8. The third-order valence-electron chi connectivity index (χ3n) is 3.11. The Bertz CT molecular complexity index is 181. The number of morpholine rings is 1. The van der Waals surface area contributed by atoms with Gasteiger partial charge in [-0.25, -0.2) is 0 Å². The number of nitrogens with zero attached hydrogens (tertiary/aromatic N) is 1. The van der Waals surface area contributed by atoms with E-state index in [-0.39, 0.29) is 0 Å². The molecule has 0 aromatic rings. The van der Waals surface area contributed by atoms with Crippen molar-refractivity contribution in [3.63, 3.8) is 0 Å². The summed E-state index contributed by atoms with van der Waals surface area (Å²) < 4.78 is 5.76. The standard InChI is InChI=1S/C12H26N2O/c1-12(2,3)11(14(4)5)8-10-9-13-6-7-15-10/h10-11,13H,6-9H2,1-5H3. The van der Waals surface area contributed by atoms with E-state index in [1.54, 1.807) is 0 Å². The van der Waals surface area contributed by atoms with Crippen LogP contribution in [0.2, 0.25) is 0 Å². The summed E-state index contributed by atoms with van der Waals surface area (Å²) in [6, 6.07) is 0.572. The van der Waals surface area contributed by atoms with Crippen LogP contribution in [0.3, 0.4) is 0 Å². The zero-order chi connectivity index (χ0) is 11.5. The van der Waals surface area contributed by atoms with Crippen molar-refractivity contribution in [3.05, 3.63) is 0 Å². The Morgan fingerprint density at radius 3 is 2.47 bits per heavy atom. The minimum absolute atomic E-state index is 0.310. The van der Waals surface area contributed by atoms with Crippen molar-refractivity contribution in [1.82, 2.24) is 10.2 Å². The molecule has 0 aromatic heterocycles. The molecule has 1 rings (SSSR count). The van der Waals surface area contributed by atoms with Gasteiger partial charge in [0.05, 0.1) is 12.7 Å². The molecule has 15 heavy (non-hydrogen) atoms. The summed E-state index contributed by atoms with van der Waals surface area (Å²) >= 11 is 0. The Morgan fingerprint density at radius 2 is 2.07 bits per heavy atom. The van der Waals surface area contributed by atoms with Crippen LogP contribution in [0.1, 0.15) is 27.2 Å². The second-order valence-corrected chi connectivity index (χ2v) is 5.78. The number of hydrogen-bond acceptors (Lipinski definition) is 3. The molecule has 0 saturated carbocycles. The topological polar surface area (TPSA) is 24.5 Å². The fourth-order valence-corrected chi connectivity index (χ4v) is 2.36. The molecule has 90 valence electrons. The highest BCUT2D eigenvalue weighted by Gasteiger charge is 2.30. The molecule has 0 bridgehead atoms. The average Bonchev–Trinajstić information content (AvgIpc) is 2.13. The smallest absolute Gasteiger partial charge is 0.0715 e. The molecule has 1 fully saturated rings. The molecule has 1 N–H and O–H groups in total. The molecule has 3 heteroatoms. The number of rotatable bonds is 3. The molecule has 0 aliphatic carbocycles. The fraction of sp³-hybridized carbons (Fsp3) is 1.00. The minimum atomic E-state index is 0.310. The predicted molar refractivity (Wildman–Crippen MR) is 64.2 cm³/mol. The Labute approximate surface area is 94.2 Å². The summed E-state index contributed by atoms with van der Waals surface area (Å²) in [4.78, 5) is 2.32. The highest BCUT2D eigenvalue weighted by molar-refractivity contribution is 4.84. The van der Waals surface area contributed by atoms with Gasteiger partial charge in [-0.2, -0.15) is 0 Å². The van der Waals surface area contributed by atoms with E-state index in [1.807, 2.05) is 0 Å². The van der Waals surface area contributed by atoms with Crippen LogP contribution in [-0.4, -0.2) is 50.8 Å². The van der Waals surface area contributed by atoms with Crippen molar-refractivity contribution in [1.29, 1.82) is 0 Å². The van der Waals surface area contributed by atoms with Gasteiger partial charge in [0.15, 0.2) is 0 Å². The average molecular weight is 214 g/mol. The first-order valence-electron chi connectivity index (χ1n) is 5.90. The van der Waals surface area contributed by atoms with Crippen LogP contribution in [0, 0.1) is 5.41 Å². The van der Waals surface area contributed by atoms with Gasteiger partial charge in [-0.15, -0.1) is 0 Å². The summed E-state index contributed by atoms with van der Waals surface area (Å²) in [6.07, 6.45) is 1.49. The van der Waals surface area contributed by atoms with Gasteiger partial charge in [-0.05, 0) is 25.9 Å². The maximum atomic E-state index is 5.76. The largest absolute Gasteiger partial charge is 0.376 e. The monoisotopic (exact) mass is 214 g/mol. The van der Waals surface area contributed by atoms with Crippen molar-refractivity contribution >= 4 is 0 Å². The summed E-state index contributed by atoms with van der Waals surface area (Å²) in [5.41, 5.74) is 0.310. The second-order valence-electron chi connectivity index (χ2n) is 5.78. The summed E-state index contributed by atoms with van der Waals surface area (Å²) in [7, 11) is 4.32. The van der Waals surface area contributed by atoms with Gasteiger partial charge in [0.1, 0.15) is 0 Å². The predicted octanol–water partition coefficient (Wildman–Crippen LogP) is 1.34. The molecule has 1 aliphatic rings. The van der Waals surface area contributed by atoms with Crippen molar-refractivity contribution in [3.8, 4) is 0 Å². The van der Waals surface area contributed by atoms with E-state index in [0.29, 0.717) is 17.6 Å². The Hall–Kier alpha value is -0.120. The van der Waals surface area contributed by atoms with E-state index in [1.165, 1.54) is 0 Å². The lowest BCUT2D eigenvalue weighted by molar-refractivity contribution is -0.00632. The van der Waals surface area contributed by atoms with Gasteiger partial charge in [0, 0.05) is 19.1 Å². The fourth-order valence-electron chi connectivity index (χ4n) is 2.36. The molecule has 1 heterocycles. The van der Waals surface area contributed by atoms with Gasteiger partial charge in [-0.1, -0.05) is 20.8 Å². The quantitative estimate of drug-likeness (QED) is 0.767. The number of ether oxygens (including phenoxy) is 1. The molecule has 0 radical (unpaired) electrons. The van der Waals surface area contributed by atoms with E-state index in [2.05, 4.69) is 45.1 Å². The van der Waals surface area contributed by atoms with E-state index in [4.69, 9.17) is 4.74 Å². The summed E-state index contributed by atoms with van der Waals surface area (Å²) in [6.45, 7) is 9.75. The van der Waals surface area contributed by atoms with Crippen molar-refractivity contribution in [2.24, 2.45) is 5.41 Å². The lowest BCUT2D eigenvalue weighted by atomic mass is 9.82. The third kappa shape index (κ3) is 4.09. The molecule has 1 saturated heterocycles. The normalized spacial score (nSPS) is 25.6. The van der Waals surface area contributed by atoms with Crippen LogP contribution in [0.15, 0.2) is 0 Å². The van der Waals surface area contributed by atoms with Crippen LogP contribution in [0.4, 0.5) is 0 Å². The Balaban J connectivity index is 2.50. The first kappa shape index (κ1) is 12.9. The maximum absolute atomic E-state index is 5.76. The van der Waals surface area contributed by atoms with Gasteiger partial charge < -0.3 is 15.0 Å². The number of hydrogen-bond donors (Lipinski definition) is 1. The van der Waals surface area contributed by atoms with Crippen molar-refractivity contribution < 1.29 is 4.74 Å². The SMILES string of the molecule is CN(C)C(CC1CNCCO1)C(C)(C)C. The van der Waals surface area contributed by atoms with Crippen LogP contribution >= 0.6 is 0 Å². The van der Waals surface area contributed by atoms with Gasteiger partial charge in [0.2, 0.25) is 0 Å². The number of nitrogens with one attached hydrogen (secondary N) is 1. The minimum Gasteiger partial charge on any atom is -0.376 e.